The van der Waals surface area contributed by atoms with E-state index in [1.54, 1.807) is 27.3 Å². The molecule has 1 fully saturated rings. The number of nitrogens with zero attached hydrogens (tertiary/aromatic N) is 5. The molecule has 0 saturated carbocycles. The number of carbonyl (C=O) groups excluding carboxylic acids is 2. The highest BCUT2D eigenvalue weighted by atomic mass is 16.5. The van der Waals surface area contributed by atoms with Crippen LogP contribution in [0.3, 0.4) is 0 Å². The van der Waals surface area contributed by atoms with Gasteiger partial charge in [0.05, 0.1) is 14.2 Å². The number of allylic oxidation sites excluding steroid dienone is 1. The molecule has 31 heavy (non-hydrogen) atoms. The molecule has 2 atom stereocenters. The molecule has 1 aromatic rings. The van der Waals surface area contributed by atoms with Gasteiger partial charge in [-0.05, 0) is 31.0 Å². The smallest absolute Gasteiger partial charge is 0.328 e. The number of guanidine groups is 1. The highest BCUT2D eigenvalue weighted by molar-refractivity contribution is 6.04. The van der Waals surface area contributed by atoms with Crippen LogP contribution in [0.2, 0.25) is 0 Å². The average Bonchev–Trinajstić information content (AvgIpc) is 3.28. The maximum atomic E-state index is 13.1. The highest BCUT2D eigenvalue weighted by Crippen LogP contribution is 2.34. The second kappa shape index (κ2) is 7.98. The van der Waals surface area contributed by atoms with Gasteiger partial charge in [-0.2, -0.15) is 0 Å². The number of fused-ring (bicyclic) bond motifs is 3. The van der Waals surface area contributed by atoms with E-state index in [1.807, 2.05) is 36.2 Å². The van der Waals surface area contributed by atoms with Gasteiger partial charge in [-0.25, -0.2) is 9.79 Å². The molecule has 0 radical (unpaired) electrons. The topological polar surface area (TPSA) is 77.9 Å². The number of rotatable bonds is 7. The van der Waals surface area contributed by atoms with Crippen molar-refractivity contribution in [2.75, 3.05) is 34.4 Å². The summed E-state index contributed by atoms with van der Waals surface area (Å²) in [6.07, 6.45) is 3.70. The quantitative estimate of drug-likeness (QED) is 0.621. The lowest BCUT2D eigenvalue weighted by Gasteiger charge is -2.39. The second-order valence-corrected chi connectivity index (χ2v) is 7.69. The molecule has 0 aromatic heterocycles. The first-order valence-electron chi connectivity index (χ1n) is 10.1. The minimum Gasteiger partial charge on any atom is -0.493 e. The van der Waals surface area contributed by atoms with Gasteiger partial charge in [-0.1, -0.05) is 12.1 Å². The fraction of sp³-hybridized carbons (Fsp3) is 0.409. The summed E-state index contributed by atoms with van der Waals surface area (Å²) in [5.74, 6) is 1.82. The molecule has 0 aliphatic carbocycles. The van der Waals surface area contributed by atoms with Crippen LogP contribution in [0, 0.1) is 0 Å². The first-order chi connectivity index (χ1) is 14.9. The monoisotopic (exact) mass is 425 g/mol. The van der Waals surface area contributed by atoms with E-state index in [0.717, 1.165) is 17.7 Å². The van der Waals surface area contributed by atoms with Gasteiger partial charge < -0.3 is 24.2 Å². The molecule has 3 heterocycles. The van der Waals surface area contributed by atoms with E-state index in [0.29, 0.717) is 24.0 Å². The lowest BCUT2D eigenvalue weighted by Crippen LogP contribution is -2.64. The van der Waals surface area contributed by atoms with Crippen molar-refractivity contribution in [2.45, 2.75) is 25.6 Å². The summed E-state index contributed by atoms with van der Waals surface area (Å²) in [5, 5.41) is 0. The Hall–Kier alpha value is -3.49. The molecule has 9 nitrogen and oxygen atoms in total. The maximum absolute atomic E-state index is 13.1. The van der Waals surface area contributed by atoms with Crippen LogP contribution >= 0.6 is 0 Å². The molecule has 4 rings (SSSR count). The van der Waals surface area contributed by atoms with Crippen molar-refractivity contribution in [3.05, 3.63) is 48.3 Å². The zero-order valence-corrected chi connectivity index (χ0v) is 18.2. The lowest BCUT2D eigenvalue weighted by molar-refractivity contribution is -0.136. The van der Waals surface area contributed by atoms with Crippen molar-refractivity contribution < 1.29 is 19.1 Å². The molecule has 3 amide bonds. The van der Waals surface area contributed by atoms with E-state index in [1.165, 1.54) is 9.80 Å². The standard InChI is InChI=1S/C22H27N5O4/c1-6-10-26-20(28)18-19(24(3)22(26)29)23-21-25(14(2)13-27(18)21)11-9-15-7-8-16(30-4)17(12-15)31-5/h6-8,12-13,18-19H,1,9-11H2,2-5H3. The number of hydrogen-bond donors (Lipinski definition) is 0. The number of amides is 3. The van der Waals surface area contributed by atoms with Gasteiger partial charge in [0, 0.05) is 32.0 Å². The molecule has 164 valence electrons. The van der Waals surface area contributed by atoms with Gasteiger partial charge >= 0.3 is 6.03 Å². The Balaban J connectivity index is 1.54. The maximum Gasteiger partial charge on any atom is 0.328 e. The molecular weight excluding hydrogens is 398 g/mol. The van der Waals surface area contributed by atoms with Crippen molar-refractivity contribution in [2.24, 2.45) is 4.99 Å². The van der Waals surface area contributed by atoms with Crippen molar-refractivity contribution in [3.63, 3.8) is 0 Å². The predicted octanol–water partition coefficient (Wildman–Crippen LogP) is 1.87. The van der Waals surface area contributed by atoms with E-state index in [9.17, 15) is 9.59 Å². The van der Waals surface area contributed by atoms with Crippen LogP contribution < -0.4 is 9.47 Å². The summed E-state index contributed by atoms with van der Waals surface area (Å²) in [6, 6.07) is 4.95. The molecular formula is C22H27N5O4. The van der Waals surface area contributed by atoms with Gasteiger partial charge in [0.2, 0.25) is 5.96 Å². The minimum atomic E-state index is -0.557. The zero-order valence-electron chi connectivity index (χ0n) is 18.2. The van der Waals surface area contributed by atoms with Crippen LogP contribution in [0.25, 0.3) is 0 Å². The SMILES string of the molecule is C=CCN1C(=O)C2C(N=C3N(CCc4ccc(OC)c(OC)c4)C(C)=CN32)N(C)C1=O. The largest absolute Gasteiger partial charge is 0.493 e. The first-order valence-corrected chi connectivity index (χ1v) is 10.1. The van der Waals surface area contributed by atoms with Crippen LogP contribution in [0.4, 0.5) is 4.79 Å². The van der Waals surface area contributed by atoms with Gasteiger partial charge in [-0.3, -0.25) is 9.69 Å². The Bertz CT molecular complexity index is 988. The molecule has 2 unspecified atom stereocenters. The molecule has 3 aliphatic heterocycles. The Kier molecular flexibility index (Phi) is 5.34. The van der Waals surface area contributed by atoms with Crippen molar-refractivity contribution in [1.82, 2.24) is 19.6 Å². The molecule has 9 heteroatoms. The normalized spacial score (nSPS) is 22.3. The number of carbonyl (C=O) groups is 2. The molecule has 1 aromatic carbocycles. The number of benzene rings is 1. The minimum absolute atomic E-state index is 0.181. The van der Waals surface area contributed by atoms with Crippen LogP contribution in [0.15, 0.2) is 47.7 Å². The van der Waals surface area contributed by atoms with E-state index in [2.05, 4.69) is 11.5 Å². The Morgan fingerprint density at radius 1 is 1.16 bits per heavy atom. The Labute approximate surface area is 181 Å². The molecule has 0 N–H and O–H groups in total. The lowest BCUT2D eigenvalue weighted by atomic mass is 10.1. The van der Waals surface area contributed by atoms with Gasteiger partial charge in [0.15, 0.2) is 23.7 Å². The second-order valence-electron chi connectivity index (χ2n) is 7.69. The Morgan fingerprint density at radius 3 is 2.58 bits per heavy atom. The number of ether oxygens (including phenoxy) is 2. The van der Waals surface area contributed by atoms with E-state index >= 15 is 0 Å². The van der Waals surface area contributed by atoms with E-state index < -0.39 is 12.2 Å². The van der Waals surface area contributed by atoms with Gasteiger partial charge in [0.25, 0.3) is 5.91 Å². The summed E-state index contributed by atoms with van der Waals surface area (Å²) in [7, 11) is 4.91. The van der Waals surface area contributed by atoms with Gasteiger partial charge in [-0.15, -0.1) is 6.58 Å². The highest BCUT2D eigenvalue weighted by Gasteiger charge is 2.53. The summed E-state index contributed by atoms with van der Waals surface area (Å²) in [6.45, 7) is 6.51. The number of imide groups is 1. The number of methoxy groups -OCH3 is 2. The summed E-state index contributed by atoms with van der Waals surface area (Å²) in [5.41, 5.74) is 2.10. The fourth-order valence-electron chi connectivity index (χ4n) is 4.25. The van der Waals surface area contributed by atoms with E-state index in [-0.39, 0.29) is 18.5 Å². The molecule has 1 saturated heterocycles. The number of hydrogen-bond acceptors (Lipinski definition) is 7. The number of aliphatic imine (C=N–C) groups is 1. The molecule has 0 bridgehead atoms. The van der Waals surface area contributed by atoms with Crippen LogP contribution in [0.1, 0.15) is 12.5 Å². The fourth-order valence-corrected chi connectivity index (χ4v) is 4.25. The third kappa shape index (κ3) is 3.30. The average molecular weight is 425 g/mol. The third-order valence-corrected chi connectivity index (χ3v) is 5.89. The third-order valence-electron chi connectivity index (χ3n) is 5.89. The molecule has 0 spiro atoms. The van der Waals surface area contributed by atoms with Crippen molar-refractivity contribution in [3.8, 4) is 11.5 Å². The predicted molar refractivity (Wildman–Crippen MR) is 116 cm³/mol. The van der Waals surface area contributed by atoms with Crippen molar-refractivity contribution >= 4 is 17.9 Å². The van der Waals surface area contributed by atoms with E-state index in [4.69, 9.17) is 14.5 Å². The zero-order chi connectivity index (χ0) is 22.3. The molecule has 3 aliphatic rings. The van der Waals surface area contributed by atoms with Crippen molar-refractivity contribution in [1.29, 1.82) is 0 Å². The number of likely N-dealkylation sites (N-methyl/N-ethyl adjacent to an activating group) is 1. The summed E-state index contributed by atoms with van der Waals surface area (Å²) >= 11 is 0. The van der Waals surface area contributed by atoms with Crippen LogP contribution in [-0.4, -0.2) is 84.1 Å². The summed E-state index contributed by atoms with van der Waals surface area (Å²) < 4.78 is 10.7. The Morgan fingerprint density at radius 2 is 1.90 bits per heavy atom. The van der Waals surface area contributed by atoms with Crippen LogP contribution in [0.5, 0.6) is 11.5 Å². The summed E-state index contributed by atoms with van der Waals surface area (Å²) in [4.78, 5) is 37.1. The van der Waals surface area contributed by atoms with Gasteiger partial charge in [0.1, 0.15) is 0 Å². The number of urea groups is 1. The first kappa shape index (κ1) is 20.8. The van der Waals surface area contributed by atoms with Crippen LogP contribution in [-0.2, 0) is 11.2 Å².